The summed E-state index contributed by atoms with van der Waals surface area (Å²) in [7, 11) is 0. The minimum atomic E-state index is -0.777. The number of halogens is 2. The molecule has 1 aromatic heterocycles. The molecule has 0 aliphatic carbocycles. The Bertz CT molecular complexity index is 981. The van der Waals surface area contributed by atoms with Crippen LogP contribution in [0, 0.1) is 23.0 Å². The van der Waals surface area contributed by atoms with Crippen LogP contribution in [0.5, 0.6) is 11.5 Å². The standard InChI is InChI=1S/C17H11F2N5O/c18-9-5-10(19)7-11(6-9)25-14-4-2-1-3-12(14)15-13(8-20)16(21)24-17(22)23-15/h1-7H,(H4,21,22,23,24). The van der Waals surface area contributed by atoms with Crippen molar-refractivity contribution in [2.24, 2.45) is 0 Å². The van der Waals surface area contributed by atoms with Gasteiger partial charge in [-0.25, -0.2) is 13.8 Å². The molecular weight excluding hydrogens is 328 g/mol. The number of hydrogen-bond acceptors (Lipinski definition) is 6. The molecule has 8 heteroatoms. The average Bonchev–Trinajstić information content (AvgIpc) is 2.54. The van der Waals surface area contributed by atoms with E-state index in [1.807, 2.05) is 6.07 Å². The lowest BCUT2D eigenvalue weighted by atomic mass is 10.1. The van der Waals surface area contributed by atoms with Crippen molar-refractivity contribution in [2.45, 2.75) is 0 Å². The first kappa shape index (κ1) is 16.1. The average molecular weight is 339 g/mol. The fourth-order valence-electron chi connectivity index (χ4n) is 2.27. The van der Waals surface area contributed by atoms with E-state index in [-0.39, 0.29) is 34.5 Å². The number of aromatic nitrogens is 2. The maximum Gasteiger partial charge on any atom is 0.222 e. The third-order valence-electron chi connectivity index (χ3n) is 3.27. The van der Waals surface area contributed by atoms with E-state index in [1.54, 1.807) is 24.3 Å². The van der Waals surface area contributed by atoms with Crippen LogP contribution in [0.1, 0.15) is 5.56 Å². The van der Waals surface area contributed by atoms with E-state index in [0.29, 0.717) is 5.56 Å². The van der Waals surface area contributed by atoms with Gasteiger partial charge >= 0.3 is 0 Å². The molecule has 0 fully saturated rings. The number of anilines is 2. The van der Waals surface area contributed by atoms with Gasteiger partial charge in [-0.05, 0) is 12.1 Å². The van der Waals surface area contributed by atoms with Gasteiger partial charge in [0.2, 0.25) is 5.95 Å². The Morgan fingerprint density at radius 1 is 1.00 bits per heavy atom. The van der Waals surface area contributed by atoms with Crippen molar-refractivity contribution in [2.75, 3.05) is 11.5 Å². The zero-order chi connectivity index (χ0) is 18.0. The number of nitrogen functional groups attached to an aromatic ring is 2. The Hall–Kier alpha value is -3.73. The first-order chi connectivity index (χ1) is 12.0. The number of benzene rings is 2. The van der Waals surface area contributed by atoms with Crippen LogP contribution in [-0.2, 0) is 0 Å². The zero-order valence-corrected chi connectivity index (χ0v) is 12.7. The first-order valence-corrected chi connectivity index (χ1v) is 7.04. The molecule has 3 aromatic rings. The van der Waals surface area contributed by atoms with Gasteiger partial charge in [0.15, 0.2) is 0 Å². The number of para-hydroxylation sites is 1. The van der Waals surface area contributed by atoms with Gasteiger partial charge < -0.3 is 16.2 Å². The second-order valence-electron chi connectivity index (χ2n) is 5.01. The molecule has 0 atom stereocenters. The van der Waals surface area contributed by atoms with E-state index in [9.17, 15) is 14.0 Å². The van der Waals surface area contributed by atoms with Crippen molar-refractivity contribution in [3.63, 3.8) is 0 Å². The first-order valence-electron chi connectivity index (χ1n) is 7.04. The summed E-state index contributed by atoms with van der Waals surface area (Å²) in [6, 6.07) is 11.3. The Balaban J connectivity index is 2.13. The van der Waals surface area contributed by atoms with E-state index >= 15 is 0 Å². The summed E-state index contributed by atoms with van der Waals surface area (Å²) in [4.78, 5) is 7.80. The number of nitrogens with two attached hydrogens (primary N) is 2. The van der Waals surface area contributed by atoms with Crippen molar-refractivity contribution >= 4 is 11.8 Å². The Morgan fingerprint density at radius 2 is 1.68 bits per heavy atom. The van der Waals surface area contributed by atoms with E-state index in [4.69, 9.17) is 16.2 Å². The van der Waals surface area contributed by atoms with Crippen LogP contribution in [0.15, 0.2) is 42.5 Å². The van der Waals surface area contributed by atoms with E-state index in [1.165, 1.54) is 0 Å². The monoisotopic (exact) mass is 339 g/mol. The predicted octanol–water partition coefficient (Wildman–Crippen LogP) is 3.25. The number of rotatable bonds is 3. The van der Waals surface area contributed by atoms with Gasteiger partial charge in [-0.3, -0.25) is 0 Å². The largest absolute Gasteiger partial charge is 0.456 e. The third kappa shape index (κ3) is 3.30. The Labute approximate surface area is 141 Å². The number of nitrogens with zero attached hydrogens (tertiary/aromatic N) is 3. The molecule has 0 bridgehead atoms. The van der Waals surface area contributed by atoms with Crippen LogP contribution in [0.2, 0.25) is 0 Å². The molecule has 0 aliphatic rings. The van der Waals surface area contributed by atoms with Crippen LogP contribution in [-0.4, -0.2) is 9.97 Å². The van der Waals surface area contributed by atoms with Gasteiger partial charge in [0.25, 0.3) is 0 Å². The minimum absolute atomic E-state index is 0.0238. The predicted molar refractivity (Wildman–Crippen MR) is 87.4 cm³/mol. The van der Waals surface area contributed by atoms with Crippen LogP contribution < -0.4 is 16.2 Å². The highest BCUT2D eigenvalue weighted by Gasteiger charge is 2.17. The molecule has 4 N–H and O–H groups in total. The summed E-state index contributed by atoms with van der Waals surface area (Å²) in [6.07, 6.45) is 0. The second kappa shape index (κ2) is 6.41. The quantitative estimate of drug-likeness (QED) is 0.758. The van der Waals surface area contributed by atoms with Gasteiger partial charge in [-0.15, -0.1) is 0 Å². The van der Waals surface area contributed by atoms with Crippen molar-refractivity contribution in [1.29, 1.82) is 5.26 Å². The van der Waals surface area contributed by atoms with Gasteiger partial charge in [-0.1, -0.05) is 12.1 Å². The van der Waals surface area contributed by atoms with Crippen LogP contribution in [0.4, 0.5) is 20.5 Å². The van der Waals surface area contributed by atoms with Crippen molar-refractivity contribution < 1.29 is 13.5 Å². The van der Waals surface area contributed by atoms with Crippen molar-refractivity contribution in [3.05, 3.63) is 59.7 Å². The highest BCUT2D eigenvalue weighted by atomic mass is 19.1. The molecule has 0 aliphatic heterocycles. The molecule has 0 unspecified atom stereocenters. The fraction of sp³-hybridized carbons (Fsp3) is 0. The lowest BCUT2D eigenvalue weighted by Crippen LogP contribution is -2.05. The molecular formula is C17H11F2N5O. The van der Waals surface area contributed by atoms with Crippen LogP contribution in [0.25, 0.3) is 11.3 Å². The van der Waals surface area contributed by atoms with Crippen LogP contribution >= 0.6 is 0 Å². The summed E-state index contributed by atoms with van der Waals surface area (Å²) in [5.74, 6) is -1.56. The van der Waals surface area contributed by atoms with E-state index in [0.717, 1.165) is 18.2 Å². The van der Waals surface area contributed by atoms with Gasteiger partial charge in [0.1, 0.15) is 40.6 Å². The van der Waals surface area contributed by atoms with Gasteiger partial charge in [-0.2, -0.15) is 10.2 Å². The molecule has 6 nitrogen and oxygen atoms in total. The lowest BCUT2D eigenvalue weighted by Gasteiger charge is -2.13. The summed E-state index contributed by atoms with van der Waals surface area (Å²) in [6.45, 7) is 0. The summed E-state index contributed by atoms with van der Waals surface area (Å²) < 4.78 is 32.3. The maximum atomic E-state index is 13.4. The highest BCUT2D eigenvalue weighted by Crippen LogP contribution is 2.35. The number of hydrogen-bond donors (Lipinski definition) is 2. The Morgan fingerprint density at radius 3 is 2.36 bits per heavy atom. The summed E-state index contributed by atoms with van der Waals surface area (Å²) in [5, 5.41) is 9.31. The van der Waals surface area contributed by atoms with Gasteiger partial charge in [0, 0.05) is 23.8 Å². The normalized spacial score (nSPS) is 10.3. The molecule has 0 radical (unpaired) electrons. The molecule has 0 saturated heterocycles. The smallest absolute Gasteiger partial charge is 0.222 e. The summed E-state index contributed by atoms with van der Waals surface area (Å²) >= 11 is 0. The second-order valence-corrected chi connectivity index (χ2v) is 5.01. The van der Waals surface area contributed by atoms with E-state index in [2.05, 4.69) is 9.97 Å². The maximum absolute atomic E-state index is 13.4. The SMILES string of the molecule is N#Cc1c(N)nc(N)nc1-c1ccccc1Oc1cc(F)cc(F)c1. The topological polar surface area (TPSA) is 111 Å². The third-order valence-corrected chi connectivity index (χ3v) is 3.27. The molecule has 0 spiro atoms. The highest BCUT2D eigenvalue weighted by molar-refractivity contribution is 5.77. The van der Waals surface area contributed by atoms with Crippen molar-refractivity contribution in [1.82, 2.24) is 9.97 Å². The molecule has 1 heterocycles. The molecule has 0 amide bonds. The number of ether oxygens (including phenoxy) is 1. The Kier molecular flexibility index (Phi) is 4.14. The number of nitriles is 1. The fourth-order valence-corrected chi connectivity index (χ4v) is 2.27. The molecule has 0 saturated carbocycles. The van der Waals surface area contributed by atoms with Crippen LogP contribution in [0.3, 0.4) is 0 Å². The van der Waals surface area contributed by atoms with Gasteiger partial charge in [0.05, 0.1) is 5.69 Å². The minimum Gasteiger partial charge on any atom is -0.456 e. The summed E-state index contributed by atoms with van der Waals surface area (Å²) in [5.41, 5.74) is 11.9. The van der Waals surface area contributed by atoms with E-state index < -0.39 is 11.6 Å². The lowest BCUT2D eigenvalue weighted by molar-refractivity contribution is 0.469. The molecule has 25 heavy (non-hydrogen) atoms. The van der Waals surface area contributed by atoms with Crippen molar-refractivity contribution in [3.8, 4) is 28.8 Å². The molecule has 124 valence electrons. The zero-order valence-electron chi connectivity index (χ0n) is 12.7. The molecule has 3 rings (SSSR count). The molecule has 2 aromatic carbocycles.